The van der Waals surface area contributed by atoms with Gasteiger partial charge < -0.3 is 14.9 Å². The van der Waals surface area contributed by atoms with Crippen LogP contribution in [0.2, 0.25) is 0 Å². The number of aromatic nitrogens is 1. The molecule has 14 heavy (non-hydrogen) atoms. The average Bonchev–Trinajstić information content (AvgIpc) is 2.51. The van der Waals surface area contributed by atoms with Gasteiger partial charge in [-0.1, -0.05) is 5.16 Å². The standard InChI is InChI=1S/C8H10N2O4/c1-4-3-6(10-14-4)7(11)9-5(2)8(12)13/h3,5H,1-2H3,(H,9,11)(H,12,13)/t5-/m0/s1. The number of rotatable bonds is 3. The molecular formula is C8H10N2O4. The molecule has 1 aromatic heterocycles. The normalized spacial score (nSPS) is 12.1. The van der Waals surface area contributed by atoms with Crippen LogP contribution in [-0.2, 0) is 4.79 Å². The van der Waals surface area contributed by atoms with Crippen LogP contribution in [0.15, 0.2) is 10.6 Å². The number of carboxylic acid groups (broad SMARTS) is 1. The van der Waals surface area contributed by atoms with E-state index in [1.807, 2.05) is 0 Å². The second-order valence-corrected chi connectivity index (χ2v) is 2.86. The number of carbonyl (C=O) groups excluding carboxylic acids is 1. The van der Waals surface area contributed by atoms with Crippen LogP contribution in [0.1, 0.15) is 23.2 Å². The van der Waals surface area contributed by atoms with Gasteiger partial charge in [-0.3, -0.25) is 9.59 Å². The topological polar surface area (TPSA) is 92.4 Å². The van der Waals surface area contributed by atoms with Crippen molar-refractivity contribution in [2.75, 3.05) is 0 Å². The van der Waals surface area contributed by atoms with Crippen LogP contribution < -0.4 is 5.32 Å². The summed E-state index contributed by atoms with van der Waals surface area (Å²) in [6.45, 7) is 3.01. The lowest BCUT2D eigenvalue weighted by Gasteiger charge is -2.06. The van der Waals surface area contributed by atoms with Crippen LogP contribution in [0.4, 0.5) is 0 Å². The Kier molecular flexibility index (Phi) is 2.85. The Bertz CT molecular complexity index is 358. The molecule has 1 atom stereocenters. The summed E-state index contributed by atoms with van der Waals surface area (Å²) in [5.41, 5.74) is 0.0793. The van der Waals surface area contributed by atoms with Crippen LogP contribution in [0.3, 0.4) is 0 Å². The van der Waals surface area contributed by atoms with Gasteiger partial charge in [0.05, 0.1) is 0 Å². The zero-order chi connectivity index (χ0) is 10.7. The van der Waals surface area contributed by atoms with Crippen molar-refractivity contribution in [3.63, 3.8) is 0 Å². The Hall–Kier alpha value is -1.85. The quantitative estimate of drug-likeness (QED) is 0.723. The van der Waals surface area contributed by atoms with E-state index in [0.29, 0.717) is 5.76 Å². The van der Waals surface area contributed by atoms with Gasteiger partial charge in [-0.15, -0.1) is 0 Å². The number of hydrogen-bond donors (Lipinski definition) is 2. The smallest absolute Gasteiger partial charge is 0.325 e. The summed E-state index contributed by atoms with van der Waals surface area (Å²) in [6.07, 6.45) is 0. The summed E-state index contributed by atoms with van der Waals surface area (Å²) in [6, 6.07) is 0.490. The SMILES string of the molecule is Cc1cc(C(=O)N[C@@H](C)C(=O)O)no1. The summed E-state index contributed by atoms with van der Waals surface area (Å²) in [4.78, 5) is 21.7. The number of nitrogens with zero attached hydrogens (tertiary/aromatic N) is 1. The van der Waals surface area contributed by atoms with E-state index >= 15 is 0 Å². The molecular weight excluding hydrogens is 188 g/mol. The molecule has 6 heteroatoms. The maximum atomic E-state index is 11.3. The molecule has 0 bridgehead atoms. The van der Waals surface area contributed by atoms with E-state index in [2.05, 4.69) is 15.0 Å². The van der Waals surface area contributed by atoms with Gasteiger partial charge in [0.25, 0.3) is 5.91 Å². The van der Waals surface area contributed by atoms with Gasteiger partial charge in [0.2, 0.25) is 0 Å². The number of hydrogen-bond acceptors (Lipinski definition) is 4. The summed E-state index contributed by atoms with van der Waals surface area (Å²) in [5, 5.41) is 14.2. The van der Waals surface area contributed by atoms with Crippen LogP contribution in [0.25, 0.3) is 0 Å². The molecule has 2 N–H and O–H groups in total. The first-order valence-electron chi connectivity index (χ1n) is 3.97. The highest BCUT2D eigenvalue weighted by atomic mass is 16.5. The number of carbonyl (C=O) groups is 2. The maximum absolute atomic E-state index is 11.3. The molecule has 0 aromatic carbocycles. The molecule has 0 unspecified atom stereocenters. The summed E-state index contributed by atoms with van der Waals surface area (Å²) in [7, 11) is 0. The monoisotopic (exact) mass is 198 g/mol. The zero-order valence-electron chi connectivity index (χ0n) is 7.77. The third-order valence-corrected chi connectivity index (χ3v) is 1.58. The van der Waals surface area contributed by atoms with Gasteiger partial charge in [-0.2, -0.15) is 0 Å². The van der Waals surface area contributed by atoms with Crippen molar-refractivity contribution < 1.29 is 19.2 Å². The van der Waals surface area contributed by atoms with Crippen molar-refractivity contribution in [2.45, 2.75) is 19.9 Å². The predicted octanol–water partition coefficient (Wildman–Crippen LogP) is 0.186. The Labute approximate surface area is 79.9 Å². The van der Waals surface area contributed by atoms with E-state index < -0.39 is 17.9 Å². The fraction of sp³-hybridized carbons (Fsp3) is 0.375. The molecule has 0 aliphatic rings. The molecule has 0 fully saturated rings. The van der Waals surface area contributed by atoms with Crippen LogP contribution in [0.5, 0.6) is 0 Å². The molecule has 1 heterocycles. The molecule has 0 saturated carbocycles. The van der Waals surface area contributed by atoms with Gasteiger partial charge in [-0.05, 0) is 13.8 Å². The van der Waals surface area contributed by atoms with Gasteiger partial charge in [-0.25, -0.2) is 0 Å². The predicted molar refractivity (Wildman–Crippen MR) is 45.8 cm³/mol. The van der Waals surface area contributed by atoms with E-state index in [9.17, 15) is 9.59 Å². The number of aliphatic carboxylic acids is 1. The van der Waals surface area contributed by atoms with Crippen LogP contribution >= 0.6 is 0 Å². The first kappa shape index (κ1) is 10.2. The minimum Gasteiger partial charge on any atom is -0.480 e. The Morgan fingerprint density at radius 2 is 2.29 bits per heavy atom. The number of carboxylic acids is 1. The van der Waals surface area contributed by atoms with Gasteiger partial charge in [0, 0.05) is 6.07 Å². The van der Waals surface area contributed by atoms with E-state index in [0.717, 1.165) is 0 Å². The average molecular weight is 198 g/mol. The Morgan fingerprint density at radius 1 is 1.64 bits per heavy atom. The fourth-order valence-corrected chi connectivity index (χ4v) is 0.806. The van der Waals surface area contributed by atoms with Gasteiger partial charge >= 0.3 is 5.97 Å². The molecule has 0 saturated heterocycles. The number of amides is 1. The third-order valence-electron chi connectivity index (χ3n) is 1.58. The van der Waals surface area contributed by atoms with Crippen LogP contribution in [0, 0.1) is 6.92 Å². The van der Waals surface area contributed by atoms with Crippen LogP contribution in [-0.4, -0.2) is 28.2 Å². The highest BCUT2D eigenvalue weighted by molar-refractivity contribution is 5.94. The molecule has 0 aliphatic carbocycles. The first-order chi connectivity index (χ1) is 6.50. The van der Waals surface area contributed by atoms with E-state index in [-0.39, 0.29) is 5.69 Å². The Balaban J connectivity index is 2.63. The number of aryl methyl sites for hydroxylation is 1. The minimum absolute atomic E-state index is 0.0793. The van der Waals surface area contributed by atoms with Crippen molar-refractivity contribution in [3.05, 3.63) is 17.5 Å². The van der Waals surface area contributed by atoms with Gasteiger partial charge in [0.1, 0.15) is 11.8 Å². The zero-order valence-corrected chi connectivity index (χ0v) is 7.77. The molecule has 0 spiro atoms. The lowest BCUT2D eigenvalue weighted by Crippen LogP contribution is -2.38. The van der Waals surface area contributed by atoms with Gasteiger partial charge in [0.15, 0.2) is 5.69 Å². The van der Waals surface area contributed by atoms with E-state index in [4.69, 9.17) is 5.11 Å². The lowest BCUT2D eigenvalue weighted by atomic mass is 10.3. The summed E-state index contributed by atoms with van der Waals surface area (Å²) < 4.78 is 4.67. The van der Waals surface area contributed by atoms with Crippen molar-refractivity contribution in [2.24, 2.45) is 0 Å². The second kappa shape index (κ2) is 3.91. The highest BCUT2D eigenvalue weighted by Crippen LogP contribution is 2.01. The molecule has 1 rings (SSSR count). The molecule has 1 amide bonds. The van der Waals surface area contributed by atoms with Crippen molar-refractivity contribution in [3.8, 4) is 0 Å². The van der Waals surface area contributed by atoms with Crippen molar-refractivity contribution >= 4 is 11.9 Å². The van der Waals surface area contributed by atoms with E-state index in [1.54, 1.807) is 6.92 Å². The minimum atomic E-state index is -1.10. The third kappa shape index (κ3) is 2.32. The molecule has 0 aliphatic heterocycles. The van der Waals surface area contributed by atoms with E-state index in [1.165, 1.54) is 13.0 Å². The lowest BCUT2D eigenvalue weighted by molar-refractivity contribution is -0.138. The second-order valence-electron chi connectivity index (χ2n) is 2.86. The maximum Gasteiger partial charge on any atom is 0.325 e. The first-order valence-corrected chi connectivity index (χ1v) is 3.97. The van der Waals surface area contributed by atoms with Crippen molar-refractivity contribution in [1.82, 2.24) is 10.5 Å². The summed E-state index contributed by atoms with van der Waals surface area (Å²) in [5.74, 6) is -1.16. The Morgan fingerprint density at radius 3 is 2.71 bits per heavy atom. The fourth-order valence-electron chi connectivity index (χ4n) is 0.806. The largest absolute Gasteiger partial charge is 0.480 e. The molecule has 76 valence electrons. The van der Waals surface area contributed by atoms with Crippen molar-refractivity contribution in [1.29, 1.82) is 0 Å². The highest BCUT2D eigenvalue weighted by Gasteiger charge is 2.17. The molecule has 0 radical (unpaired) electrons. The molecule has 1 aromatic rings. The summed E-state index contributed by atoms with van der Waals surface area (Å²) >= 11 is 0. The molecule has 6 nitrogen and oxygen atoms in total. The number of nitrogens with one attached hydrogen (secondary N) is 1.